The third-order valence-electron chi connectivity index (χ3n) is 3.16. The summed E-state index contributed by atoms with van der Waals surface area (Å²) in [7, 11) is 2.00. The van der Waals surface area contributed by atoms with Gasteiger partial charge in [0.05, 0.1) is 11.4 Å². The van der Waals surface area contributed by atoms with Crippen molar-refractivity contribution in [3.63, 3.8) is 0 Å². The number of benzene rings is 1. The Labute approximate surface area is 125 Å². The molecular formula is C17H19N3O. The molecule has 0 saturated heterocycles. The third-order valence-corrected chi connectivity index (χ3v) is 3.16. The van der Waals surface area contributed by atoms with E-state index in [1.807, 2.05) is 43.4 Å². The number of rotatable bonds is 5. The van der Waals surface area contributed by atoms with Crippen molar-refractivity contribution in [2.45, 2.75) is 6.92 Å². The fourth-order valence-electron chi connectivity index (χ4n) is 1.90. The average Bonchev–Trinajstić information content (AvgIpc) is 2.54. The minimum Gasteiger partial charge on any atom is -0.373 e. The van der Waals surface area contributed by atoms with Crippen LogP contribution >= 0.6 is 0 Å². The Morgan fingerprint density at radius 2 is 2.10 bits per heavy atom. The quantitative estimate of drug-likeness (QED) is 0.856. The van der Waals surface area contributed by atoms with E-state index in [1.165, 1.54) is 6.08 Å². The van der Waals surface area contributed by atoms with Gasteiger partial charge in [0.15, 0.2) is 0 Å². The first-order chi connectivity index (χ1) is 10.2. The number of para-hydroxylation sites is 2. The minimum atomic E-state index is -0.157. The topological polar surface area (TPSA) is 45.2 Å². The van der Waals surface area contributed by atoms with E-state index >= 15 is 0 Å². The van der Waals surface area contributed by atoms with Crippen molar-refractivity contribution < 1.29 is 4.79 Å². The summed E-state index contributed by atoms with van der Waals surface area (Å²) >= 11 is 0. The molecule has 0 saturated carbocycles. The number of aromatic nitrogens is 1. The van der Waals surface area contributed by atoms with Crippen molar-refractivity contribution in [1.82, 2.24) is 4.98 Å². The molecule has 21 heavy (non-hydrogen) atoms. The van der Waals surface area contributed by atoms with Crippen molar-refractivity contribution in [1.29, 1.82) is 0 Å². The second kappa shape index (κ2) is 7.24. The standard InChI is InChI=1S/C17H19N3O/c1-3-20(2)16-9-5-4-8-15(16)19-17(21)11-10-14-7-6-12-18-13-14/h4-13H,3H2,1-2H3,(H,19,21)/b11-10-. The molecule has 4 nitrogen and oxygen atoms in total. The van der Waals surface area contributed by atoms with Gasteiger partial charge in [-0.15, -0.1) is 0 Å². The summed E-state index contributed by atoms with van der Waals surface area (Å²) in [5.74, 6) is -0.157. The fourth-order valence-corrected chi connectivity index (χ4v) is 1.90. The summed E-state index contributed by atoms with van der Waals surface area (Å²) in [6.45, 7) is 2.94. The SMILES string of the molecule is CCN(C)c1ccccc1NC(=O)/C=C\c1cccnc1. The van der Waals surface area contributed by atoms with Gasteiger partial charge in [-0.1, -0.05) is 18.2 Å². The zero-order valence-corrected chi connectivity index (χ0v) is 12.3. The molecule has 0 unspecified atom stereocenters. The molecule has 0 aliphatic rings. The number of nitrogens with zero attached hydrogens (tertiary/aromatic N) is 2. The highest BCUT2D eigenvalue weighted by Crippen LogP contribution is 2.24. The molecule has 2 aromatic rings. The summed E-state index contributed by atoms with van der Waals surface area (Å²) in [5, 5.41) is 2.91. The van der Waals surface area contributed by atoms with E-state index < -0.39 is 0 Å². The minimum absolute atomic E-state index is 0.157. The van der Waals surface area contributed by atoms with Gasteiger partial charge in [-0.25, -0.2) is 0 Å². The number of hydrogen-bond donors (Lipinski definition) is 1. The first kappa shape index (κ1) is 14.8. The number of nitrogens with one attached hydrogen (secondary N) is 1. The second-order valence-electron chi connectivity index (χ2n) is 4.64. The predicted molar refractivity (Wildman–Crippen MR) is 87.3 cm³/mol. The summed E-state index contributed by atoms with van der Waals surface area (Å²) < 4.78 is 0. The van der Waals surface area contributed by atoms with Crippen LogP contribution in [0.5, 0.6) is 0 Å². The van der Waals surface area contributed by atoms with Gasteiger partial charge < -0.3 is 10.2 Å². The van der Waals surface area contributed by atoms with Crippen LogP contribution in [0, 0.1) is 0 Å². The lowest BCUT2D eigenvalue weighted by Gasteiger charge is -2.20. The lowest BCUT2D eigenvalue weighted by molar-refractivity contribution is -0.111. The third kappa shape index (κ3) is 4.18. The molecule has 1 aromatic carbocycles. The predicted octanol–water partition coefficient (Wildman–Crippen LogP) is 3.19. The first-order valence-corrected chi connectivity index (χ1v) is 6.90. The van der Waals surface area contributed by atoms with E-state index in [-0.39, 0.29) is 5.91 Å². The fraction of sp³-hybridized carbons (Fsp3) is 0.176. The monoisotopic (exact) mass is 281 g/mol. The van der Waals surface area contributed by atoms with E-state index in [9.17, 15) is 4.79 Å². The van der Waals surface area contributed by atoms with E-state index in [4.69, 9.17) is 0 Å². The Kier molecular flexibility index (Phi) is 5.10. The Balaban J connectivity index is 2.08. The molecule has 1 aromatic heterocycles. The highest BCUT2D eigenvalue weighted by Gasteiger charge is 2.06. The maximum atomic E-state index is 12.0. The van der Waals surface area contributed by atoms with Crippen LogP contribution in [0.15, 0.2) is 54.9 Å². The van der Waals surface area contributed by atoms with Crippen LogP contribution in [0.3, 0.4) is 0 Å². The molecule has 0 atom stereocenters. The maximum absolute atomic E-state index is 12.0. The van der Waals surface area contributed by atoms with Crippen LogP contribution in [0.25, 0.3) is 6.08 Å². The Morgan fingerprint density at radius 1 is 1.29 bits per heavy atom. The first-order valence-electron chi connectivity index (χ1n) is 6.90. The van der Waals surface area contributed by atoms with Gasteiger partial charge in [0, 0.05) is 32.1 Å². The largest absolute Gasteiger partial charge is 0.373 e. The number of pyridine rings is 1. The second-order valence-corrected chi connectivity index (χ2v) is 4.64. The molecular weight excluding hydrogens is 262 g/mol. The lowest BCUT2D eigenvalue weighted by Crippen LogP contribution is -2.19. The normalized spacial score (nSPS) is 10.6. The number of amides is 1. The van der Waals surface area contributed by atoms with E-state index in [1.54, 1.807) is 18.5 Å². The molecule has 0 radical (unpaired) electrons. The van der Waals surface area contributed by atoms with Crippen LogP contribution in [0.1, 0.15) is 12.5 Å². The lowest BCUT2D eigenvalue weighted by atomic mass is 10.2. The number of anilines is 2. The zero-order valence-electron chi connectivity index (χ0n) is 12.3. The van der Waals surface area contributed by atoms with E-state index in [0.29, 0.717) is 0 Å². The molecule has 1 amide bonds. The van der Waals surface area contributed by atoms with E-state index in [0.717, 1.165) is 23.5 Å². The summed E-state index contributed by atoms with van der Waals surface area (Å²) in [6, 6.07) is 11.5. The molecule has 0 aliphatic carbocycles. The zero-order chi connectivity index (χ0) is 15.1. The van der Waals surface area contributed by atoms with Crippen molar-refractivity contribution in [2.24, 2.45) is 0 Å². The van der Waals surface area contributed by atoms with Gasteiger partial charge in [-0.3, -0.25) is 9.78 Å². The van der Waals surface area contributed by atoms with Crippen LogP contribution in [0.4, 0.5) is 11.4 Å². The molecule has 0 spiro atoms. The number of carbonyl (C=O) groups is 1. The Bertz CT molecular complexity index is 623. The van der Waals surface area contributed by atoms with E-state index in [2.05, 4.69) is 22.1 Å². The molecule has 0 fully saturated rings. The van der Waals surface area contributed by atoms with Crippen molar-refractivity contribution in [2.75, 3.05) is 23.8 Å². The maximum Gasteiger partial charge on any atom is 0.248 e. The molecule has 4 heteroatoms. The number of carbonyl (C=O) groups excluding carboxylic acids is 1. The summed E-state index contributed by atoms with van der Waals surface area (Å²) in [6.07, 6.45) is 6.67. The van der Waals surface area contributed by atoms with Gasteiger partial charge in [0.25, 0.3) is 0 Å². The Hall–Kier alpha value is -2.62. The van der Waals surface area contributed by atoms with Crippen molar-refractivity contribution >= 4 is 23.4 Å². The average molecular weight is 281 g/mol. The van der Waals surface area contributed by atoms with Gasteiger partial charge in [0.2, 0.25) is 5.91 Å². The molecule has 2 rings (SSSR count). The molecule has 1 heterocycles. The molecule has 0 aliphatic heterocycles. The highest BCUT2D eigenvalue weighted by atomic mass is 16.1. The molecule has 108 valence electrons. The molecule has 1 N–H and O–H groups in total. The molecule has 0 bridgehead atoms. The van der Waals surface area contributed by atoms with Crippen LogP contribution in [0.2, 0.25) is 0 Å². The van der Waals surface area contributed by atoms with Crippen molar-refractivity contribution in [3.05, 3.63) is 60.4 Å². The number of hydrogen-bond acceptors (Lipinski definition) is 3. The van der Waals surface area contributed by atoms with Gasteiger partial charge in [0.1, 0.15) is 0 Å². The summed E-state index contributed by atoms with van der Waals surface area (Å²) in [5.41, 5.74) is 2.71. The Morgan fingerprint density at radius 3 is 2.81 bits per heavy atom. The van der Waals surface area contributed by atoms with Crippen molar-refractivity contribution in [3.8, 4) is 0 Å². The summed E-state index contributed by atoms with van der Waals surface area (Å²) in [4.78, 5) is 18.1. The van der Waals surface area contributed by atoms with Gasteiger partial charge in [-0.05, 0) is 36.8 Å². The van der Waals surface area contributed by atoms with Gasteiger partial charge >= 0.3 is 0 Å². The van der Waals surface area contributed by atoms with Crippen LogP contribution in [-0.4, -0.2) is 24.5 Å². The smallest absolute Gasteiger partial charge is 0.248 e. The van der Waals surface area contributed by atoms with Crippen LogP contribution < -0.4 is 10.2 Å². The highest BCUT2D eigenvalue weighted by molar-refractivity contribution is 6.03. The van der Waals surface area contributed by atoms with Crippen LogP contribution in [-0.2, 0) is 4.79 Å². The van der Waals surface area contributed by atoms with Gasteiger partial charge in [-0.2, -0.15) is 0 Å².